The topological polar surface area (TPSA) is 93.7 Å². The quantitative estimate of drug-likeness (QED) is 0.699. The number of rotatable bonds is 7. The van der Waals surface area contributed by atoms with E-state index in [1.54, 1.807) is 6.07 Å². The molecule has 2 aromatic carbocycles. The number of nitrogens with one attached hydrogen (secondary N) is 2. The molecule has 1 atom stereocenters. The maximum absolute atomic E-state index is 12.5. The molecule has 0 unspecified atom stereocenters. The lowest BCUT2D eigenvalue weighted by molar-refractivity contribution is -0.117. The second-order valence-electron chi connectivity index (χ2n) is 5.47. The van der Waals surface area contributed by atoms with Gasteiger partial charge in [0, 0.05) is 11.1 Å². The number of halogens is 2. The molecule has 0 radical (unpaired) electrons. The Morgan fingerprint density at radius 1 is 1.04 bits per heavy atom. The van der Waals surface area contributed by atoms with E-state index in [-0.39, 0.29) is 15.7 Å². The number of sulfonamides is 1. The Hall–Kier alpha value is -2.00. The summed E-state index contributed by atoms with van der Waals surface area (Å²) in [6, 6.07) is 7.61. The molecule has 0 saturated carbocycles. The number of carbonyl (C=O) groups is 1. The molecule has 2 N–H and O–H groups in total. The highest BCUT2D eigenvalue weighted by atomic mass is 35.5. The van der Waals surface area contributed by atoms with Crippen molar-refractivity contribution in [1.29, 1.82) is 0 Å². The fourth-order valence-electron chi connectivity index (χ4n) is 2.17. The lowest BCUT2D eigenvalue weighted by Crippen LogP contribution is -2.41. The van der Waals surface area contributed by atoms with Crippen molar-refractivity contribution in [3.8, 4) is 11.5 Å². The molecule has 2 aromatic rings. The van der Waals surface area contributed by atoms with Crippen LogP contribution in [0.2, 0.25) is 10.0 Å². The van der Waals surface area contributed by atoms with Gasteiger partial charge in [-0.15, -0.1) is 0 Å². The molecule has 27 heavy (non-hydrogen) atoms. The van der Waals surface area contributed by atoms with Crippen molar-refractivity contribution in [2.75, 3.05) is 19.5 Å². The van der Waals surface area contributed by atoms with E-state index in [1.807, 2.05) is 0 Å². The molecule has 0 bridgehead atoms. The van der Waals surface area contributed by atoms with E-state index >= 15 is 0 Å². The number of anilines is 1. The van der Waals surface area contributed by atoms with Crippen molar-refractivity contribution < 1.29 is 22.7 Å². The van der Waals surface area contributed by atoms with Crippen LogP contribution in [0, 0.1) is 0 Å². The fraction of sp³-hybridized carbons (Fsp3) is 0.235. The van der Waals surface area contributed by atoms with E-state index in [1.165, 1.54) is 51.5 Å². The summed E-state index contributed by atoms with van der Waals surface area (Å²) in [5.74, 6) is 0.0633. The molecule has 0 aromatic heterocycles. The van der Waals surface area contributed by atoms with E-state index in [9.17, 15) is 13.2 Å². The van der Waals surface area contributed by atoms with Crippen LogP contribution in [0.25, 0.3) is 0 Å². The minimum absolute atomic E-state index is 0.0654. The monoisotopic (exact) mass is 432 g/mol. The van der Waals surface area contributed by atoms with Crippen molar-refractivity contribution in [3.05, 3.63) is 46.4 Å². The highest BCUT2D eigenvalue weighted by Crippen LogP contribution is 2.29. The first-order valence-electron chi connectivity index (χ1n) is 7.68. The predicted molar refractivity (Wildman–Crippen MR) is 104 cm³/mol. The normalized spacial score (nSPS) is 12.3. The minimum Gasteiger partial charge on any atom is -0.493 e. The molecule has 0 aliphatic rings. The van der Waals surface area contributed by atoms with Gasteiger partial charge in [-0.1, -0.05) is 23.2 Å². The number of carbonyl (C=O) groups excluding carboxylic acids is 1. The van der Waals surface area contributed by atoms with Gasteiger partial charge in [0.2, 0.25) is 15.9 Å². The van der Waals surface area contributed by atoms with Crippen LogP contribution in [-0.2, 0) is 14.8 Å². The number of hydrogen-bond acceptors (Lipinski definition) is 5. The molecule has 0 heterocycles. The molecule has 0 fully saturated rings. The zero-order valence-corrected chi connectivity index (χ0v) is 17.1. The third-order valence-electron chi connectivity index (χ3n) is 3.58. The van der Waals surface area contributed by atoms with E-state index in [0.29, 0.717) is 16.5 Å². The maximum Gasteiger partial charge on any atom is 0.242 e. The molecule has 146 valence electrons. The lowest BCUT2D eigenvalue weighted by atomic mass is 10.3. The predicted octanol–water partition coefficient (Wildman–Crippen LogP) is 3.32. The van der Waals surface area contributed by atoms with Gasteiger partial charge in [-0.05, 0) is 37.3 Å². The van der Waals surface area contributed by atoms with Gasteiger partial charge in [-0.2, -0.15) is 4.72 Å². The first-order valence-corrected chi connectivity index (χ1v) is 9.92. The van der Waals surface area contributed by atoms with Crippen LogP contribution in [-0.4, -0.2) is 34.6 Å². The summed E-state index contributed by atoms with van der Waals surface area (Å²) in [7, 11) is -1.13. The van der Waals surface area contributed by atoms with Crippen LogP contribution in [0.4, 0.5) is 5.69 Å². The second kappa shape index (κ2) is 8.79. The first kappa shape index (κ1) is 21.3. The van der Waals surface area contributed by atoms with Gasteiger partial charge in [0.25, 0.3) is 0 Å². The van der Waals surface area contributed by atoms with Crippen LogP contribution >= 0.6 is 23.2 Å². The van der Waals surface area contributed by atoms with Gasteiger partial charge in [0.15, 0.2) is 11.5 Å². The molecule has 0 saturated heterocycles. The summed E-state index contributed by atoms with van der Waals surface area (Å²) in [4.78, 5) is 12.2. The van der Waals surface area contributed by atoms with Crippen LogP contribution in [0.5, 0.6) is 11.5 Å². The van der Waals surface area contributed by atoms with Crippen molar-refractivity contribution >= 4 is 44.8 Å². The Kier molecular flexibility index (Phi) is 6.94. The number of amides is 1. The van der Waals surface area contributed by atoms with Crippen LogP contribution in [0.1, 0.15) is 6.92 Å². The molecular formula is C17H18Cl2N2O5S. The smallest absolute Gasteiger partial charge is 0.242 e. The van der Waals surface area contributed by atoms with E-state index in [2.05, 4.69) is 10.0 Å². The zero-order valence-electron chi connectivity index (χ0n) is 14.7. The van der Waals surface area contributed by atoms with Crippen molar-refractivity contribution in [2.24, 2.45) is 0 Å². The lowest BCUT2D eigenvalue weighted by Gasteiger charge is -2.16. The van der Waals surface area contributed by atoms with Gasteiger partial charge < -0.3 is 14.8 Å². The highest BCUT2D eigenvalue weighted by Gasteiger charge is 2.24. The summed E-state index contributed by atoms with van der Waals surface area (Å²) in [5.41, 5.74) is 0.322. The Morgan fingerprint density at radius 2 is 1.70 bits per heavy atom. The average molecular weight is 433 g/mol. The minimum atomic E-state index is -3.97. The number of benzene rings is 2. The molecule has 2 rings (SSSR count). The Morgan fingerprint density at radius 3 is 2.30 bits per heavy atom. The van der Waals surface area contributed by atoms with Crippen LogP contribution in [0.15, 0.2) is 41.3 Å². The van der Waals surface area contributed by atoms with Crippen molar-refractivity contribution in [2.45, 2.75) is 17.9 Å². The Labute approximate surface area is 167 Å². The summed E-state index contributed by atoms with van der Waals surface area (Å²) < 4.78 is 37.6. The largest absolute Gasteiger partial charge is 0.493 e. The first-order chi connectivity index (χ1) is 12.7. The molecule has 0 aliphatic carbocycles. The second-order valence-corrected chi connectivity index (χ2v) is 8.03. The van der Waals surface area contributed by atoms with E-state index in [4.69, 9.17) is 32.7 Å². The van der Waals surface area contributed by atoms with Gasteiger partial charge in [-0.3, -0.25) is 4.79 Å². The Bertz CT molecular complexity index is 950. The third-order valence-corrected chi connectivity index (χ3v) is 5.67. The van der Waals surface area contributed by atoms with E-state index < -0.39 is 22.0 Å². The fourth-order valence-corrected chi connectivity index (χ4v) is 3.84. The molecule has 10 heteroatoms. The molecule has 0 aliphatic heterocycles. The average Bonchev–Trinajstić information content (AvgIpc) is 2.62. The molecular weight excluding hydrogens is 415 g/mol. The maximum atomic E-state index is 12.5. The SMILES string of the molecule is COc1ccc(S(=O)(=O)N[C@H](C)C(=O)Nc2ccc(Cl)cc2Cl)cc1OC. The highest BCUT2D eigenvalue weighted by molar-refractivity contribution is 7.89. The van der Waals surface area contributed by atoms with Crippen LogP contribution in [0.3, 0.4) is 0 Å². The summed E-state index contributed by atoms with van der Waals surface area (Å²) in [6.45, 7) is 1.41. The summed E-state index contributed by atoms with van der Waals surface area (Å²) in [5, 5.41) is 3.21. The summed E-state index contributed by atoms with van der Waals surface area (Å²) >= 11 is 11.8. The van der Waals surface area contributed by atoms with Crippen molar-refractivity contribution in [1.82, 2.24) is 4.72 Å². The number of hydrogen-bond donors (Lipinski definition) is 2. The summed E-state index contributed by atoms with van der Waals surface area (Å²) in [6.07, 6.45) is 0. The standard InChI is InChI=1S/C17H18Cl2N2O5S/c1-10(17(22)20-14-6-4-11(18)8-13(14)19)21-27(23,24)12-5-7-15(25-2)16(9-12)26-3/h4-10,21H,1-3H3,(H,20,22)/t10-/m1/s1. The van der Waals surface area contributed by atoms with Gasteiger partial charge in [0.1, 0.15) is 0 Å². The molecule has 7 nitrogen and oxygen atoms in total. The third kappa shape index (κ3) is 5.26. The number of ether oxygens (including phenoxy) is 2. The Balaban J connectivity index is 2.15. The molecule has 0 spiro atoms. The van der Waals surface area contributed by atoms with Crippen molar-refractivity contribution in [3.63, 3.8) is 0 Å². The number of methoxy groups -OCH3 is 2. The zero-order chi connectivity index (χ0) is 20.2. The van der Waals surface area contributed by atoms with Crippen LogP contribution < -0.4 is 19.5 Å². The van der Waals surface area contributed by atoms with Gasteiger partial charge >= 0.3 is 0 Å². The van der Waals surface area contributed by atoms with Gasteiger partial charge in [0.05, 0.1) is 35.9 Å². The molecule has 1 amide bonds. The van der Waals surface area contributed by atoms with Gasteiger partial charge in [-0.25, -0.2) is 8.42 Å². The van der Waals surface area contributed by atoms with E-state index in [0.717, 1.165) is 0 Å².